The molecule has 4 nitrogen and oxygen atoms in total. The smallest absolute Gasteiger partial charge is 0.231 e. The van der Waals surface area contributed by atoms with Gasteiger partial charge in [-0.25, -0.2) is 0 Å². The highest BCUT2D eigenvalue weighted by Gasteiger charge is 2.25. The number of H-pyrrole nitrogens is 2. The van der Waals surface area contributed by atoms with Gasteiger partial charge in [-0.05, 0) is 41.0 Å². The van der Waals surface area contributed by atoms with Gasteiger partial charge in [0.25, 0.3) is 0 Å². The van der Waals surface area contributed by atoms with Crippen molar-refractivity contribution in [2.75, 3.05) is 6.79 Å². The zero-order chi connectivity index (χ0) is 18.5. The van der Waals surface area contributed by atoms with Gasteiger partial charge < -0.3 is 19.4 Å². The van der Waals surface area contributed by atoms with Crippen molar-refractivity contribution in [3.63, 3.8) is 0 Å². The molecule has 4 heteroatoms. The fourth-order valence-electron chi connectivity index (χ4n) is 4.28. The van der Waals surface area contributed by atoms with Crippen LogP contribution in [0.2, 0.25) is 0 Å². The van der Waals surface area contributed by atoms with E-state index >= 15 is 0 Å². The van der Waals surface area contributed by atoms with Gasteiger partial charge in [-0.2, -0.15) is 0 Å². The molecule has 0 bridgehead atoms. The molecule has 5 aromatic rings. The molecule has 2 N–H and O–H groups in total. The Hall–Kier alpha value is -3.66. The zero-order valence-corrected chi connectivity index (χ0v) is 15.1. The molecule has 0 saturated carbocycles. The Morgan fingerprint density at radius 3 is 1.96 bits per heavy atom. The van der Waals surface area contributed by atoms with E-state index in [9.17, 15) is 0 Å². The van der Waals surface area contributed by atoms with Crippen molar-refractivity contribution < 1.29 is 9.47 Å². The molecule has 28 heavy (non-hydrogen) atoms. The summed E-state index contributed by atoms with van der Waals surface area (Å²) in [6.45, 7) is 0.281. The van der Waals surface area contributed by atoms with E-state index in [1.165, 1.54) is 27.5 Å². The summed E-state index contributed by atoms with van der Waals surface area (Å²) in [7, 11) is 0. The van der Waals surface area contributed by atoms with Crippen LogP contribution < -0.4 is 9.47 Å². The van der Waals surface area contributed by atoms with Gasteiger partial charge in [0.1, 0.15) is 0 Å². The molecule has 1 aliphatic rings. The molecule has 0 amide bonds. The second-order valence-corrected chi connectivity index (χ2v) is 7.12. The molecule has 0 unspecified atom stereocenters. The van der Waals surface area contributed by atoms with Crippen LogP contribution in [0.5, 0.6) is 11.5 Å². The number of aromatic nitrogens is 2. The van der Waals surface area contributed by atoms with Crippen LogP contribution in [0.25, 0.3) is 21.8 Å². The van der Waals surface area contributed by atoms with E-state index in [0.717, 1.165) is 22.5 Å². The lowest BCUT2D eigenvalue weighted by atomic mass is 9.84. The van der Waals surface area contributed by atoms with Gasteiger partial charge in [-0.3, -0.25) is 0 Å². The van der Waals surface area contributed by atoms with Crippen LogP contribution in [-0.4, -0.2) is 16.8 Å². The average Bonchev–Trinajstić information content (AvgIpc) is 3.47. The van der Waals surface area contributed by atoms with E-state index < -0.39 is 0 Å². The Morgan fingerprint density at radius 1 is 0.679 bits per heavy atom. The maximum atomic E-state index is 5.66. The second kappa shape index (κ2) is 5.92. The Balaban J connectivity index is 1.63. The van der Waals surface area contributed by atoms with Crippen molar-refractivity contribution in [1.29, 1.82) is 0 Å². The number of para-hydroxylation sites is 2. The molecular formula is C24H18N2O2. The molecule has 0 spiro atoms. The molecule has 3 aromatic carbocycles. The first kappa shape index (κ1) is 15.4. The van der Waals surface area contributed by atoms with Crippen LogP contribution in [0.15, 0.2) is 79.1 Å². The summed E-state index contributed by atoms with van der Waals surface area (Å²) in [4.78, 5) is 6.87. The lowest BCUT2D eigenvalue weighted by Gasteiger charge is -2.18. The lowest BCUT2D eigenvalue weighted by molar-refractivity contribution is 0.174. The van der Waals surface area contributed by atoms with E-state index in [2.05, 4.69) is 83.0 Å². The minimum atomic E-state index is 0.0711. The molecule has 136 valence electrons. The van der Waals surface area contributed by atoms with Gasteiger partial charge in [-0.15, -0.1) is 0 Å². The first-order valence-electron chi connectivity index (χ1n) is 9.40. The van der Waals surface area contributed by atoms with Crippen LogP contribution in [0.4, 0.5) is 0 Å². The van der Waals surface area contributed by atoms with Crippen LogP contribution in [0.1, 0.15) is 22.6 Å². The topological polar surface area (TPSA) is 50.0 Å². The van der Waals surface area contributed by atoms with Crippen LogP contribution in [0.3, 0.4) is 0 Å². The third-order valence-corrected chi connectivity index (χ3v) is 5.59. The van der Waals surface area contributed by atoms with Gasteiger partial charge >= 0.3 is 0 Å². The fourth-order valence-corrected chi connectivity index (χ4v) is 4.28. The number of fused-ring (bicyclic) bond motifs is 3. The molecule has 0 atom stereocenters. The number of hydrogen-bond donors (Lipinski definition) is 2. The Labute approximate surface area is 161 Å². The summed E-state index contributed by atoms with van der Waals surface area (Å²) in [5.74, 6) is 1.68. The molecule has 2 aromatic heterocycles. The lowest BCUT2D eigenvalue weighted by Crippen LogP contribution is -2.02. The third-order valence-electron chi connectivity index (χ3n) is 5.59. The van der Waals surface area contributed by atoms with Crippen molar-refractivity contribution in [2.24, 2.45) is 0 Å². The summed E-state index contributed by atoms with van der Waals surface area (Å²) in [5.41, 5.74) is 5.96. The van der Waals surface area contributed by atoms with Gasteiger partial charge in [-0.1, -0.05) is 42.5 Å². The number of hydrogen-bond acceptors (Lipinski definition) is 2. The molecule has 1 aliphatic heterocycles. The molecule has 0 aliphatic carbocycles. The monoisotopic (exact) mass is 366 g/mol. The van der Waals surface area contributed by atoms with Gasteiger partial charge in [0.05, 0.1) is 0 Å². The first-order valence-corrected chi connectivity index (χ1v) is 9.40. The Kier molecular flexibility index (Phi) is 3.26. The number of rotatable bonds is 3. The highest BCUT2D eigenvalue weighted by molar-refractivity contribution is 5.89. The highest BCUT2D eigenvalue weighted by atomic mass is 16.7. The van der Waals surface area contributed by atoms with Crippen LogP contribution in [-0.2, 0) is 0 Å². The zero-order valence-electron chi connectivity index (χ0n) is 15.1. The molecular weight excluding hydrogens is 348 g/mol. The highest BCUT2D eigenvalue weighted by Crippen LogP contribution is 2.42. The van der Waals surface area contributed by atoms with Gasteiger partial charge in [0.15, 0.2) is 11.5 Å². The predicted molar refractivity (Wildman–Crippen MR) is 110 cm³/mol. The minimum absolute atomic E-state index is 0.0711. The van der Waals surface area contributed by atoms with Crippen molar-refractivity contribution in [3.05, 3.63) is 95.8 Å². The maximum Gasteiger partial charge on any atom is 0.231 e. The van der Waals surface area contributed by atoms with Crippen molar-refractivity contribution in [1.82, 2.24) is 9.97 Å². The molecule has 6 rings (SSSR count). The summed E-state index contributed by atoms with van der Waals surface area (Å²) in [6.07, 6.45) is 4.25. The largest absolute Gasteiger partial charge is 0.454 e. The van der Waals surface area contributed by atoms with E-state index in [1.807, 2.05) is 6.07 Å². The average molecular weight is 366 g/mol. The fraction of sp³-hybridized carbons (Fsp3) is 0.0833. The molecule has 3 heterocycles. The summed E-state index contributed by atoms with van der Waals surface area (Å²) in [6, 6.07) is 23.1. The minimum Gasteiger partial charge on any atom is -0.454 e. The normalized spacial score (nSPS) is 13.0. The van der Waals surface area contributed by atoms with Gasteiger partial charge in [0, 0.05) is 40.1 Å². The first-order chi connectivity index (χ1) is 13.9. The summed E-state index contributed by atoms with van der Waals surface area (Å²) < 4.78 is 11.2. The van der Waals surface area contributed by atoms with Crippen LogP contribution >= 0.6 is 0 Å². The number of benzene rings is 3. The number of ether oxygens (including phenoxy) is 2. The maximum absolute atomic E-state index is 5.66. The van der Waals surface area contributed by atoms with E-state index in [0.29, 0.717) is 0 Å². The summed E-state index contributed by atoms with van der Waals surface area (Å²) in [5, 5.41) is 2.46. The van der Waals surface area contributed by atoms with Crippen molar-refractivity contribution >= 4 is 21.8 Å². The molecule has 0 radical (unpaired) electrons. The number of nitrogens with one attached hydrogen (secondary N) is 2. The Bertz CT molecular complexity index is 1240. The van der Waals surface area contributed by atoms with Crippen molar-refractivity contribution in [3.8, 4) is 11.5 Å². The standard InChI is InChI=1S/C24H18N2O2/c1-3-7-20-16(5-1)18(12-25-20)24(15-9-10-22-23(11-15)28-14-27-22)19-13-26-21-8-4-2-6-17(19)21/h1-13,24-26H,14H2. The third kappa shape index (κ3) is 2.24. The van der Waals surface area contributed by atoms with Gasteiger partial charge in [0.2, 0.25) is 6.79 Å². The second-order valence-electron chi connectivity index (χ2n) is 7.12. The van der Waals surface area contributed by atoms with E-state index in [-0.39, 0.29) is 12.7 Å². The van der Waals surface area contributed by atoms with Crippen LogP contribution in [0, 0.1) is 0 Å². The van der Waals surface area contributed by atoms with E-state index in [1.54, 1.807) is 0 Å². The quantitative estimate of drug-likeness (QED) is 0.439. The molecule has 0 saturated heterocycles. The van der Waals surface area contributed by atoms with Crippen molar-refractivity contribution in [2.45, 2.75) is 5.92 Å². The van der Waals surface area contributed by atoms with E-state index in [4.69, 9.17) is 9.47 Å². The molecule has 0 fully saturated rings. The SMILES string of the molecule is c1ccc2c(C(c3ccc4c(c3)OCO4)c3c[nH]c4ccccc34)c[nH]c2c1. The number of aromatic amines is 2. The summed E-state index contributed by atoms with van der Waals surface area (Å²) >= 11 is 0. The Morgan fingerprint density at radius 2 is 1.29 bits per heavy atom. The predicted octanol–water partition coefficient (Wildman–Crippen LogP) is 5.56.